The number of benzene rings is 1. The highest BCUT2D eigenvalue weighted by molar-refractivity contribution is 6.03. The summed E-state index contributed by atoms with van der Waals surface area (Å²) < 4.78 is 10.6. The lowest BCUT2D eigenvalue weighted by Crippen LogP contribution is -2.48. The fourth-order valence-electron chi connectivity index (χ4n) is 1.94. The van der Waals surface area contributed by atoms with Crippen molar-refractivity contribution in [2.24, 2.45) is 5.73 Å². The molecule has 0 bridgehead atoms. The second-order valence-corrected chi connectivity index (χ2v) is 4.25. The molecule has 4 nitrogen and oxygen atoms in total. The summed E-state index contributed by atoms with van der Waals surface area (Å²) in [4.78, 5) is 12.3. The summed E-state index contributed by atoms with van der Waals surface area (Å²) in [6, 6.07) is 7.13. The van der Waals surface area contributed by atoms with Crippen LogP contribution in [-0.4, -0.2) is 31.1 Å². The van der Waals surface area contributed by atoms with Crippen molar-refractivity contribution in [2.45, 2.75) is 18.9 Å². The Bertz CT molecular complexity index is 411. The number of hydrogen-bond donors (Lipinski definition) is 1. The summed E-state index contributed by atoms with van der Waals surface area (Å²) in [6.07, 6.45) is 0.574. The molecule has 0 radical (unpaired) electrons. The summed E-state index contributed by atoms with van der Waals surface area (Å²) in [5.41, 5.74) is 5.76. The molecule has 1 aromatic rings. The number of hydrogen-bond acceptors (Lipinski definition) is 4. The van der Waals surface area contributed by atoms with Crippen LogP contribution in [0, 0.1) is 0 Å². The second kappa shape index (κ2) is 4.85. The average Bonchev–Trinajstić information content (AvgIpc) is 2.77. The Kier molecular flexibility index (Phi) is 3.45. The third-order valence-corrected chi connectivity index (χ3v) is 2.91. The van der Waals surface area contributed by atoms with E-state index in [9.17, 15) is 4.79 Å². The maximum Gasteiger partial charge on any atom is 0.185 e. The summed E-state index contributed by atoms with van der Waals surface area (Å²) in [5, 5.41) is 0. The molecular weight excluding hydrogens is 218 g/mol. The molecule has 1 aromatic carbocycles. The van der Waals surface area contributed by atoms with Crippen LogP contribution >= 0.6 is 0 Å². The molecule has 1 aliphatic rings. The summed E-state index contributed by atoms with van der Waals surface area (Å²) >= 11 is 0. The van der Waals surface area contributed by atoms with Crippen LogP contribution in [0.5, 0.6) is 5.75 Å². The van der Waals surface area contributed by atoms with Gasteiger partial charge in [0.1, 0.15) is 11.3 Å². The van der Waals surface area contributed by atoms with Crippen molar-refractivity contribution >= 4 is 5.78 Å². The van der Waals surface area contributed by atoms with E-state index in [1.54, 1.807) is 18.2 Å². The quantitative estimate of drug-likeness (QED) is 0.801. The zero-order valence-corrected chi connectivity index (χ0v) is 9.94. The first-order valence-corrected chi connectivity index (χ1v) is 5.80. The molecule has 92 valence electrons. The molecule has 0 aliphatic carbocycles. The van der Waals surface area contributed by atoms with E-state index in [0.29, 0.717) is 37.6 Å². The van der Waals surface area contributed by atoms with Crippen molar-refractivity contribution in [3.05, 3.63) is 29.8 Å². The van der Waals surface area contributed by atoms with E-state index in [2.05, 4.69) is 0 Å². The largest absolute Gasteiger partial charge is 0.494 e. The molecule has 4 heteroatoms. The van der Waals surface area contributed by atoms with Gasteiger partial charge in [0, 0.05) is 12.2 Å². The molecule has 2 N–H and O–H groups in total. The molecule has 0 amide bonds. The maximum atomic E-state index is 12.3. The first-order chi connectivity index (χ1) is 8.15. The molecule has 1 saturated heterocycles. The highest BCUT2D eigenvalue weighted by Crippen LogP contribution is 2.23. The van der Waals surface area contributed by atoms with Gasteiger partial charge < -0.3 is 15.2 Å². The smallest absolute Gasteiger partial charge is 0.185 e. The van der Waals surface area contributed by atoms with Crippen LogP contribution in [0.1, 0.15) is 23.7 Å². The zero-order chi connectivity index (χ0) is 12.3. The Morgan fingerprint density at radius 2 is 2.41 bits per heavy atom. The Hall–Kier alpha value is -1.39. The SMILES string of the molecule is CCOc1cccc(C(=O)C2(N)CCOC2)c1. The van der Waals surface area contributed by atoms with Crippen LogP contribution in [0.15, 0.2) is 24.3 Å². The number of ether oxygens (including phenoxy) is 2. The number of ketones is 1. The minimum atomic E-state index is -0.870. The Morgan fingerprint density at radius 3 is 3.06 bits per heavy atom. The summed E-state index contributed by atoms with van der Waals surface area (Å²) in [7, 11) is 0. The number of Topliss-reactive ketones (excluding diaryl/α,β-unsaturated/α-hetero) is 1. The lowest BCUT2D eigenvalue weighted by molar-refractivity contribution is 0.0862. The van der Waals surface area contributed by atoms with Crippen LogP contribution in [0.2, 0.25) is 0 Å². The van der Waals surface area contributed by atoms with Gasteiger partial charge in [0.15, 0.2) is 5.78 Å². The van der Waals surface area contributed by atoms with E-state index in [4.69, 9.17) is 15.2 Å². The predicted octanol–water partition coefficient (Wildman–Crippen LogP) is 1.39. The van der Waals surface area contributed by atoms with Crippen molar-refractivity contribution in [2.75, 3.05) is 19.8 Å². The van der Waals surface area contributed by atoms with E-state index >= 15 is 0 Å². The molecule has 0 saturated carbocycles. The van der Waals surface area contributed by atoms with Crippen molar-refractivity contribution in [1.82, 2.24) is 0 Å². The first-order valence-electron chi connectivity index (χ1n) is 5.80. The topological polar surface area (TPSA) is 61.5 Å². The van der Waals surface area contributed by atoms with Gasteiger partial charge in [-0.05, 0) is 25.5 Å². The van der Waals surface area contributed by atoms with Crippen LogP contribution in [-0.2, 0) is 4.74 Å². The summed E-state index contributed by atoms with van der Waals surface area (Å²) in [5.74, 6) is 0.623. The standard InChI is InChI=1S/C13H17NO3/c1-2-17-11-5-3-4-10(8-11)12(15)13(14)6-7-16-9-13/h3-5,8H,2,6-7,9,14H2,1H3. The Balaban J connectivity index is 2.21. The number of carbonyl (C=O) groups excluding carboxylic acids is 1. The Morgan fingerprint density at radius 1 is 1.59 bits per heavy atom. The lowest BCUT2D eigenvalue weighted by atomic mass is 9.89. The van der Waals surface area contributed by atoms with Crippen molar-refractivity contribution in [1.29, 1.82) is 0 Å². The van der Waals surface area contributed by atoms with Gasteiger partial charge in [0.25, 0.3) is 0 Å². The molecule has 17 heavy (non-hydrogen) atoms. The van der Waals surface area contributed by atoms with Crippen molar-refractivity contribution in [3.8, 4) is 5.75 Å². The number of carbonyl (C=O) groups is 1. The third-order valence-electron chi connectivity index (χ3n) is 2.91. The van der Waals surface area contributed by atoms with Gasteiger partial charge in [-0.3, -0.25) is 4.79 Å². The maximum absolute atomic E-state index is 12.3. The van der Waals surface area contributed by atoms with Crippen LogP contribution in [0.4, 0.5) is 0 Å². The van der Waals surface area contributed by atoms with Crippen molar-refractivity contribution in [3.63, 3.8) is 0 Å². The van der Waals surface area contributed by atoms with E-state index in [0.717, 1.165) is 0 Å². The molecule has 0 spiro atoms. The molecule has 1 heterocycles. The van der Waals surface area contributed by atoms with E-state index < -0.39 is 5.54 Å². The third kappa shape index (κ3) is 2.48. The zero-order valence-electron chi connectivity index (χ0n) is 9.94. The lowest BCUT2D eigenvalue weighted by Gasteiger charge is -2.20. The van der Waals surface area contributed by atoms with Gasteiger partial charge >= 0.3 is 0 Å². The van der Waals surface area contributed by atoms with Gasteiger partial charge in [0.05, 0.1) is 13.2 Å². The normalized spacial score (nSPS) is 23.6. The molecule has 1 atom stereocenters. The molecule has 1 fully saturated rings. The van der Waals surface area contributed by atoms with Gasteiger partial charge in [0.2, 0.25) is 0 Å². The fraction of sp³-hybridized carbons (Fsp3) is 0.462. The second-order valence-electron chi connectivity index (χ2n) is 4.25. The van der Waals surface area contributed by atoms with Crippen LogP contribution < -0.4 is 10.5 Å². The minimum absolute atomic E-state index is 0.0726. The highest BCUT2D eigenvalue weighted by atomic mass is 16.5. The van der Waals surface area contributed by atoms with E-state index in [1.165, 1.54) is 0 Å². The molecule has 0 aromatic heterocycles. The molecular formula is C13H17NO3. The number of nitrogens with two attached hydrogens (primary N) is 1. The number of rotatable bonds is 4. The summed E-state index contributed by atoms with van der Waals surface area (Å²) in [6.45, 7) is 3.33. The predicted molar refractivity (Wildman–Crippen MR) is 64.3 cm³/mol. The van der Waals surface area contributed by atoms with Crippen molar-refractivity contribution < 1.29 is 14.3 Å². The van der Waals surface area contributed by atoms with Gasteiger partial charge in [-0.2, -0.15) is 0 Å². The van der Waals surface area contributed by atoms with Gasteiger partial charge in [-0.15, -0.1) is 0 Å². The fourth-order valence-corrected chi connectivity index (χ4v) is 1.94. The Labute approximate surface area is 101 Å². The van der Waals surface area contributed by atoms with E-state index in [-0.39, 0.29) is 5.78 Å². The van der Waals surface area contributed by atoms with Gasteiger partial charge in [-0.1, -0.05) is 12.1 Å². The van der Waals surface area contributed by atoms with Crippen LogP contribution in [0.25, 0.3) is 0 Å². The highest BCUT2D eigenvalue weighted by Gasteiger charge is 2.38. The first kappa shape index (κ1) is 12.1. The van der Waals surface area contributed by atoms with Crippen LogP contribution in [0.3, 0.4) is 0 Å². The monoisotopic (exact) mass is 235 g/mol. The molecule has 2 rings (SSSR count). The molecule has 1 unspecified atom stereocenters. The average molecular weight is 235 g/mol. The van der Waals surface area contributed by atoms with Gasteiger partial charge in [-0.25, -0.2) is 0 Å². The minimum Gasteiger partial charge on any atom is -0.494 e. The van der Waals surface area contributed by atoms with E-state index in [1.807, 2.05) is 13.0 Å². The molecule has 1 aliphatic heterocycles.